The molecule has 1 N–H and O–H groups in total. The molecule has 2 heterocycles. The number of aromatic nitrogens is 2. The highest BCUT2D eigenvalue weighted by molar-refractivity contribution is 6.30. The van der Waals surface area contributed by atoms with Gasteiger partial charge in [0.15, 0.2) is 5.76 Å². The van der Waals surface area contributed by atoms with Crippen molar-refractivity contribution in [3.05, 3.63) is 41.0 Å². The lowest BCUT2D eigenvalue weighted by Crippen LogP contribution is -2.11. The maximum atomic E-state index is 5.80. The van der Waals surface area contributed by atoms with Gasteiger partial charge in [-0.05, 0) is 6.54 Å². The van der Waals surface area contributed by atoms with Crippen LogP contribution in [0.4, 0.5) is 0 Å². The zero-order chi connectivity index (χ0) is 12.8. The molecule has 0 fully saturated rings. The van der Waals surface area contributed by atoms with E-state index in [-0.39, 0.29) is 0 Å². The van der Waals surface area contributed by atoms with Crippen LogP contribution in [0, 0.1) is 0 Å². The zero-order valence-corrected chi connectivity index (χ0v) is 10.8. The smallest absolute Gasteiger partial charge is 0.174 e. The fraction of sp³-hybridized carbons (Fsp3) is 0.333. The van der Waals surface area contributed by atoms with Crippen molar-refractivity contribution in [2.45, 2.75) is 20.1 Å². The van der Waals surface area contributed by atoms with E-state index in [0.717, 1.165) is 12.2 Å². The van der Waals surface area contributed by atoms with Gasteiger partial charge in [0.25, 0.3) is 0 Å². The predicted octanol–water partition coefficient (Wildman–Crippen LogP) is 2.41. The SMILES string of the molecule is CCNCc1cc(COc2cncc(Cl)c2)on1. The van der Waals surface area contributed by atoms with E-state index in [1.54, 1.807) is 18.5 Å². The molecule has 18 heavy (non-hydrogen) atoms. The molecule has 2 rings (SSSR count). The molecule has 2 aromatic rings. The summed E-state index contributed by atoms with van der Waals surface area (Å²) in [7, 11) is 0. The van der Waals surface area contributed by atoms with Crippen LogP contribution in [0.5, 0.6) is 5.75 Å². The molecule has 0 bridgehead atoms. The molecule has 96 valence electrons. The van der Waals surface area contributed by atoms with Crippen molar-refractivity contribution in [3.63, 3.8) is 0 Å². The summed E-state index contributed by atoms with van der Waals surface area (Å²) in [6.07, 6.45) is 3.15. The molecular weight excluding hydrogens is 254 g/mol. The Balaban J connectivity index is 1.88. The maximum absolute atomic E-state index is 5.80. The molecule has 0 aliphatic heterocycles. The van der Waals surface area contributed by atoms with E-state index in [0.29, 0.717) is 29.7 Å². The Labute approximate surface area is 110 Å². The normalized spacial score (nSPS) is 10.6. The number of hydrogen-bond donors (Lipinski definition) is 1. The molecule has 2 aromatic heterocycles. The van der Waals surface area contributed by atoms with Crippen molar-refractivity contribution in [3.8, 4) is 5.75 Å². The van der Waals surface area contributed by atoms with Crippen molar-refractivity contribution in [2.24, 2.45) is 0 Å². The quantitative estimate of drug-likeness (QED) is 0.871. The molecule has 0 aromatic carbocycles. The third-order valence-corrected chi connectivity index (χ3v) is 2.43. The molecule has 0 saturated carbocycles. The lowest BCUT2D eigenvalue weighted by molar-refractivity contribution is 0.247. The second-order valence-electron chi connectivity index (χ2n) is 3.69. The first-order valence-electron chi connectivity index (χ1n) is 5.66. The fourth-order valence-corrected chi connectivity index (χ4v) is 1.55. The topological polar surface area (TPSA) is 60.2 Å². The lowest BCUT2D eigenvalue weighted by Gasteiger charge is -2.02. The molecule has 0 aliphatic carbocycles. The third-order valence-electron chi connectivity index (χ3n) is 2.22. The van der Waals surface area contributed by atoms with Gasteiger partial charge in [0.05, 0.1) is 16.9 Å². The van der Waals surface area contributed by atoms with Crippen LogP contribution in [0.2, 0.25) is 5.02 Å². The minimum absolute atomic E-state index is 0.307. The van der Waals surface area contributed by atoms with Crippen molar-refractivity contribution in [1.29, 1.82) is 0 Å². The van der Waals surface area contributed by atoms with Crippen molar-refractivity contribution in [2.75, 3.05) is 6.54 Å². The molecule has 0 aliphatic rings. The first-order valence-corrected chi connectivity index (χ1v) is 6.04. The minimum Gasteiger partial charge on any atom is -0.484 e. The van der Waals surface area contributed by atoms with E-state index >= 15 is 0 Å². The fourth-order valence-electron chi connectivity index (χ4n) is 1.39. The van der Waals surface area contributed by atoms with Crippen LogP contribution in [0.3, 0.4) is 0 Å². The number of nitrogens with zero attached hydrogens (tertiary/aromatic N) is 2. The Morgan fingerprint density at radius 3 is 3.06 bits per heavy atom. The predicted molar refractivity (Wildman–Crippen MR) is 67.5 cm³/mol. The summed E-state index contributed by atoms with van der Waals surface area (Å²) in [4.78, 5) is 3.93. The van der Waals surface area contributed by atoms with Crippen molar-refractivity contribution in [1.82, 2.24) is 15.5 Å². The highest BCUT2D eigenvalue weighted by Crippen LogP contribution is 2.16. The Bertz CT molecular complexity index is 502. The molecule has 0 atom stereocenters. The number of halogens is 1. The highest BCUT2D eigenvalue weighted by Gasteiger charge is 2.05. The summed E-state index contributed by atoms with van der Waals surface area (Å²) >= 11 is 5.80. The highest BCUT2D eigenvalue weighted by atomic mass is 35.5. The molecule has 0 amide bonds. The summed E-state index contributed by atoms with van der Waals surface area (Å²) in [6, 6.07) is 3.56. The number of pyridine rings is 1. The Morgan fingerprint density at radius 2 is 2.28 bits per heavy atom. The number of rotatable bonds is 6. The Hall–Kier alpha value is -1.59. The van der Waals surface area contributed by atoms with Gasteiger partial charge in [-0.1, -0.05) is 23.7 Å². The molecule has 0 radical (unpaired) electrons. The van der Waals surface area contributed by atoms with Crippen molar-refractivity contribution < 1.29 is 9.26 Å². The second-order valence-corrected chi connectivity index (χ2v) is 4.13. The van der Waals surface area contributed by atoms with Gasteiger partial charge in [-0.15, -0.1) is 0 Å². The van der Waals surface area contributed by atoms with Gasteiger partial charge >= 0.3 is 0 Å². The van der Waals surface area contributed by atoms with Crippen LogP contribution in [-0.2, 0) is 13.2 Å². The molecule has 0 saturated heterocycles. The third kappa shape index (κ3) is 3.72. The Kier molecular flexibility index (Phi) is 4.55. The first kappa shape index (κ1) is 12.9. The van der Waals surface area contributed by atoms with E-state index in [2.05, 4.69) is 15.5 Å². The van der Waals surface area contributed by atoms with Gasteiger partial charge in [0.1, 0.15) is 12.4 Å². The molecule has 0 unspecified atom stereocenters. The van der Waals surface area contributed by atoms with E-state index in [1.165, 1.54) is 0 Å². The van der Waals surface area contributed by atoms with Gasteiger partial charge < -0.3 is 14.6 Å². The average Bonchev–Trinajstić information content (AvgIpc) is 2.82. The van der Waals surface area contributed by atoms with E-state index < -0.39 is 0 Å². The monoisotopic (exact) mass is 267 g/mol. The maximum Gasteiger partial charge on any atom is 0.174 e. The van der Waals surface area contributed by atoms with Gasteiger partial charge in [0, 0.05) is 24.9 Å². The van der Waals surface area contributed by atoms with Crippen LogP contribution >= 0.6 is 11.6 Å². The van der Waals surface area contributed by atoms with Crippen LogP contribution in [0.15, 0.2) is 29.0 Å². The number of nitrogens with one attached hydrogen (secondary N) is 1. The second kappa shape index (κ2) is 6.37. The van der Waals surface area contributed by atoms with Gasteiger partial charge in [0.2, 0.25) is 0 Å². The van der Waals surface area contributed by atoms with Gasteiger partial charge in [-0.25, -0.2) is 0 Å². The summed E-state index contributed by atoms with van der Waals surface area (Å²) in [6.45, 7) is 3.93. The van der Waals surface area contributed by atoms with E-state index in [9.17, 15) is 0 Å². The number of hydrogen-bond acceptors (Lipinski definition) is 5. The summed E-state index contributed by atoms with van der Waals surface area (Å²) < 4.78 is 10.6. The van der Waals surface area contributed by atoms with Crippen LogP contribution in [0.1, 0.15) is 18.4 Å². The zero-order valence-electron chi connectivity index (χ0n) is 10.0. The van der Waals surface area contributed by atoms with Crippen LogP contribution in [-0.4, -0.2) is 16.7 Å². The van der Waals surface area contributed by atoms with Crippen LogP contribution in [0.25, 0.3) is 0 Å². The molecule has 0 spiro atoms. The first-order chi connectivity index (χ1) is 8.78. The van der Waals surface area contributed by atoms with E-state index in [4.69, 9.17) is 20.9 Å². The summed E-state index contributed by atoms with van der Waals surface area (Å²) in [5.74, 6) is 1.27. The molecule has 5 nitrogen and oxygen atoms in total. The summed E-state index contributed by atoms with van der Waals surface area (Å²) in [5.41, 5.74) is 0.861. The average molecular weight is 268 g/mol. The van der Waals surface area contributed by atoms with Crippen LogP contribution < -0.4 is 10.1 Å². The standard InChI is InChI=1S/C12H14ClN3O2/c1-2-14-6-10-4-12(18-16-10)8-17-11-3-9(13)5-15-7-11/h3-5,7,14H,2,6,8H2,1H3. The Morgan fingerprint density at radius 1 is 1.39 bits per heavy atom. The van der Waals surface area contributed by atoms with E-state index in [1.807, 2.05) is 13.0 Å². The number of ether oxygens (including phenoxy) is 1. The minimum atomic E-state index is 0.307. The lowest BCUT2D eigenvalue weighted by atomic mass is 10.3. The van der Waals surface area contributed by atoms with Gasteiger partial charge in [-0.2, -0.15) is 0 Å². The largest absolute Gasteiger partial charge is 0.484 e. The summed E-state index contributed by atoms with van der Waals surface area (Å²) in [5, 5.41) is 7.63. The molecular formula is C12H14ClN3O2. The molecule has 6 heteroatoms. The van der Waals surface area contributed by atoms with Gasteiger partial charge in [-0.3, -0.25) is 4.98 Å². The van der Waals surface area contributed by atoms with Crippen molar-refractivity contribution >= 4 is 11.6 Å².